The Bertz CT molecular complexity index is 888. The molecule has 1 unspecified atom stereocenters. The Labute approximate surface area is 146 Å². The Morgan fingerprint density at radius 1 is 1.00 bits per heavy atom. The van der Waals surface area contributed by atoms with Crippen LogP contribution in [0.3, 0.4) is 0 Å². The molecule has 0 aliphatic heterocycles. The number of nitrogens with one attached hydrogen (secondary N) is 2. The maximum atomic E-state index is 12.1. The predicted molar refractivity (Wildman–Crippen MR) is 96.6 cm³/mol. The van der Waals surface area contributed by atoms with Gasteiger partial charge in [0.05, 0.1) is 6.04 Å². The summed E-state index contributed by atoms with van der Waals surface area (Å²) < 4.78 is 0. The monoisotopic (exact) mass is 333 g/mol. The fourth-order valence-corrected chi connectivity index (χ4v) is 2.73. The van der Waals surface area contributed by atoms with E-state index in [1.165, 1.54) is 0 Å². The molecule has 2 aromatic carbocycles. The second kappa shape index (κ2) is 7.57. The summed E-state index contributed by atoms with van der Waals surface area (Å²) in [7, 11) is 0. The van der Waals surface area contributed by atoms with E-state index in [9.17, 15) is 9.59 Å². The molecule has 2 N–H and O–H groups in total. The van der Waals surface area contributed by atoms with E-state index in [-0.39, 0.29) is 12.6 Å². The zero-order chi connectivity index (χ0) is 17.6. The van der Waals surface area contributed by atoms with Crippen LogP contribution in [-0.4, -0.2) is 16.8 Å². The van der Waals surface area contributed by atoms with Crippen molar-refractivity contribution in [1.29, 1.82) is 0 Å². The minimum absolute atomic E-state index is 0.267. The number of nitrogens with zero attached hydrogens (tertiary/aromatic N) is 1. The van der Waals surface area contributed by atoms with Gasteiger partial charge in [0.25, 0.3) is 0 Å². The van der Waals surface area contributed by atoms with Crippen LogP contribution >= 0.6 is 0 Å². The molecule has 126 valence electrons. The lowest BCUT2D eigenvalue weighted by atomic mass is 10.00. The van der Waals surface area contributed by atoms with Crippen molar-refractivity contribution < 1.29 is 9.59 Å². The van der Waals surface area contributed by atoms with Gasteiger partial charge in [-0.1, -0.05) is 48.5 Å². The number of hydrogen-bond donors (Lipinski definition) is 2. The fraction of sp³-hybridized carbons (Fsp3) is 0.150. The molecule has 1 aromatic heterocycles. The largest absolute Gasteiger partial charge is 0.344 e. The van der Waals surface area contributed by atoms with Crippen LogP contribution in [0, 0.1) is 0 Å². The van der Waals surface area contributed by atoms with Crippen molar-refractivity contribution in [3.05, 3.63) is 78.1 Å². The Morgan fingerprint density at radius 2 is 1.80 bits per heavy atom. The smallest absolute Gasteiger partial charge is 0.309 e. The van der Waals surface area contributed by atoms with Crippen LogP contribution in [0.15, 0.2) is 67.0 Å². The Balaban J connectivity index is 1.64. The number of carbonyl (C=O) groups is 2. The second-order valence-corrected chi connectivity index (χ2v) is 5.81. The van der Waals surface area contributed by atoms with Crippen molar-refractivity contribution >= 4 is 22.6 Å². The molecule has 0 radical (unpaired) electrons. The first-order valence-electron chi connectivity index (χ1n) is 8.10. The minimum atomic E-state index is -0.657. The molecule has 3 rings (SSSR count). The van der Waals surface area contributed by atoms with E-state index in [1.807, 2.05) is 55.5 Å². The van der Waals surface area contributed by atoms with Gasteiger partial charge in [-0.25, -0.2) is 0 Å². The minimum Gasteiger partial charge on any atom is -0.344 e. The van der Waals surface area contributed by atoms with Gasteiger partial charge in [-0.15, -0.1) is 0 Å². The molecule has 2 amide bonds. The van der Waals surface area contributed by atoms with Crippen molar-refractivity contribution in [2.75, 3.05) is 0 Å². The molecule has 5 heteroatoms. The molecule has 25 heavy (non-hydrogen) atoms. The van der Waals surface area contributed by atoms with Gasteiger partial charge in [-0.05, 0) is 34.9 Å². The molecule has 5 nitrogen and oxygen atoms in total. The fourth-order valence-electron chi connectivity index (χ4n) is 2.73. The lowest BCUT2D eigenvalue weighted by molar-refractivity contribution is -0.139. The quantitative estimate of drug-likeness (QED) is 0.721. The Morgan fingerprint density at radius 3 is 2.60 bits per heavy atom. The van der Waals surface area contributed by atoms with Crippen molar-refractivity contribution in [2.24, 2.45) is 0 Å². The molecule has 0 spiro atoms. The summed E-state index contributed by atoms with van der Waals surface area (Å²) in [6.07, 6.45) is 3.31. The topological polar surface area (TPSA) is 71.1 Å². The maximum absolute atomic E-state index is 12.1. The SMILES string of the molecule is CC(NC(=O)C(=O)NCc1cccnc1)c1cccc2ccccc12. The highest BCUT2D eigenvalue weighted by Crippen LogP contribution is 2.23. The van der Waals surface area contributed by atoms with Gasteiger partial charge >= 0.3 is 11.8 Å². The van der Waals surface area contributed by atoms with E-state index < -0.39 is 11.8 Å². The normalized spacial score (nSPS) is 11.7. The summed E-state index contributed by atoms with van der Waals surface area (Å²) in [5.74, 6) is -1.31. The molecule has 0 fully saturated rings. The Hall–Kier alpha value is -3.21. The van der Waals surface area contributed by atoms with Crippen LogP contribution < -0.4 is 10.6 Å². The molecule has 3 aromatic rings. The van der Waals surface area contributed by atoms with E-state index in [0.717, 1.165) is 21.9 Å². The summed E-state index contributed by atoms with van der Waals surface area (Å²) in [4.78, 5) is 28.1. The molecule has 0 aliphatic carbocycles. The summed E-state index contributed by atoms with van der Waals surface area (Å²) in [5.41, 5.74) is 1.82. The van der Waals surface area contributed by atoms with Crippen LogP contribution in [0.4, 0.5) is 0 Å². The van der Waals surface area contributed by atoms with Crippen LogP contribution in [0.1, 0.15) is 24.1 Å². The summed E-state index contributed by atoms with van der Waals surface area (Å²) >= 11 is 0. The molecule has 1 atom stereocenters. The number of fused-ring (bicyclic) bond motifs is 1. The van der Waals surface area contributed by atoms with Crippen LogP contribution in [-0.2, 0) is 16.1 Å². The number of pyridine rings is 1. The van der Waals surface area contributed by atoms with Gasteiger partial charge in [0.1, 0.15) is 0 Å². The molecular weight excluding hydrogens is 314 g/mol. The third kappa shape index (κ3) is 4.01. The van der Waals surface area contributed by atoms with Crippen LogP contribution in [0.25, 0.3) is 10.8 Å². The van der Waals surface area contributed by atoms with Gasteiger partial charge in [0, 0.05) is 18.9 Å². The summed E-state index contributed by atoms with van der Waals surface area (Å²) in [6, 6.07) is 17.2. The zero-order valence-electron chi connectivity index (χ0n) is 13.9. The third-order valence-electron chi connectivity index (χ3n) is 4.02. The van der Waals surface area contributed by atoms with E-state index >= 15 is 0 Å². The molecule has 0 aliphatic rings. The molecule has 0 saturated heterocycles. The first-order chi connectivity index (χ1) is 12.1. The number of benzene rings is 2. The first-order valence-corrected chi connectivity index (χ1v) is 8.10. The number of amides is 2. The summed E-state index contributed by atoms with van der Waals surface area (Å²) in [6.45, 7) is 2.14. The van der Waals surface area contributed by atoms with Gasteiger partial charge < -0.3 is 10.6 Å². The lowest BCUT2D eigenvalue weighted by Crippen LogP contribution is -2.40. The van der Waals surface area contributed by atoms with Gasteiger partial charge in [0.15, 0.2) is 0 Å². The average Bonchev–Trinajstić information content (AvgIpc) is 2.66. The molecule has 0 bridgehead atoms. The van der Waals surface area contributed by atoms with Crippen molar-refractivity contribution in [3.8, 4) is 0 Å². The number of aromatic nitrogens is 1. The standard InChI is InChI=1S/C20H19N3O2/c1-14(17-10-4-8-16-7-2-3-9-18(16)17)23-20(25)19(24)22-13-15-6-5-11-21-12-15/h2-12,14H,13H2,1H3,(H,22,24)(H,23,25). The van der Waals surface area contributed by atoms with Crippen molar-refractivity contribution in [2.45, 2.75) is 19.5 Å². The predicted octanol–water partition coefficient (Wildman–Crippen LogP) is 2.73. The lowest BCUT2D eigenvalue weighted by Gasteiger charge is -2.16. The summed E-state index contributed by atoms with van der Waals surface area (Å²) in [5, 5.41) is 7.52. The molecule has 0 saturated carbocycles. The highest BCUT2D eigenvalue weighted by Gasteiger charge is 2.17. The number of carbonyl (C=O) groups excluding carboxylic acids is 2. The third-order valence-corrected chi connectivity index (χ3v) is 4.02. The molecular formula is C20H19N3O2. The van der Waals surface area contributed by atoms with Gasteiger partial charge in [-0.3, -0.25) is 14.6 Å². The van der Waals surface area contributed by atoms with Gasteiger partial charge in [0.2, 0.25) is 0 Å². The highest BCUT2D eigenvalue weighted by molar-refractivity contribution is 6.35. The molecule has 1 heterocycles. The van der Waals surface area contributed by atoms with Crippen LogP contribution in [0.5, 0.6) is 0 Å². The Kier molecular flexibility index (Phi) is 5.04. The number of rotatable bonds is 4. The van der Waals surface area contributed by atoms with E-state index in [0.29, 0.717) is 0 Å². The van der Waals surface area contributed by atoms with Crippen LogP contribution in [0.2, 0.25) is 0 Å². The van der Waals surface area contributed by atoms with E-state index in [4.69, 9.17) is 0 Å². The highest BCUT2D eigenvalue weighted by atomic mass is 16.2. The van der Waals surface area contributed by atoms with E-state index in [1.54, 1.807) is 18.5 Å². The second-order valence-electron chi connectivity index (χ2n) is 5.81. The van der Waals surface area contributed by atoms with Crippen molar-refractivity contribution in [3.63, 3.8) is 0 Å². The van der Waals surface area contributed by atoms with Gasteiger partial charge in [-0.2, -0.15) is 0 Å². The number of hydrogen-bond acceptors (Lipinski definition) is 3. The van der Waals surface area contributed by atoms with E-state index in [2.05, 4.69) is 15.6 Å². The maximum Gasteiger partial charge on any atom is 0.309 e. The van der Waals surface area contributed by atoms with Crippen molar-refractivity contribution in [1.82, 2.24) is 15.6 Å². The average molecular weight is 333 g/mol. The first kappa shape index (κ1) is 16.6. The zero-order valence-corrected chi connectivity index (χ0v) is 13.9.